The maximum Gasteiger partial charge on any atom is 0.387 e. The molecule has 0 radical (unpaired) electrons. The number of ether oxygens (including phenoxy) is 2. The SMILES string of the molecule is COc1cc(CNCCC(=O)O)ccc1OC(F)F. The van der Waals surface area contributed by atoms with Crippen molar-refractivity contribution in [3.8, 4) is 11.5 Å². The third kappa shape index (κ3) is 5.52. The summed E-state index contributed by atoms with van der Waals surface area (Å²) in [6.45, 7) is -2.17. The molecule has 0 unspecified atom stereocenters. The van der Waals surface area contributed by atoms with Gasteiger partial charge in [0.2, 0.25) is 0 Å². The Kier molecular flexibility index (Phi) is 6.01. The Morgan fingerprint density at radius 3 is 2.74 bits per heavy atom. The lowest BCUT2D eigenvalue weighted by atomic mass is 10.2. The van der Waals surface area contributed by atoms with E-state index in [0.29, 0.717) is 13.1 Å². The van der Waals surface area contributed by atoms with Crippen LogP contribution in [-0.4, -0.2) is 31.3 Å². The second kappa shape index (κ2) is 7.52. The van der Waals surface area contributed by atoms with Crippen LogP contribution >= 0.6 is 0 Å². The normalized spacial score (nSPS) is 10.5. The summed E-state index contributed by atoms with van der Waals surface area (Å²) >= 11 is 0. The average molecular weight is 275 g/mol. The molecule has 0 saturated heterocycles. The van der Waals surface area contributed by atoms with Gasteiger partial charge in [-0.2, -0.15) is 8.78 Å². The second-order valence-electron chi connectivity index (χ2n) is 3.68. The Morgan fingerprint density at radius 1 is 1.42 bits per heavy atom. The Labute approximate surface area is 109 Å². The van der Waals surface area contributed by atoms with E-state index in [1.165, 1.54) is 13.2 Å². The highest BCUT2D eigenvalue weighted by Gasteiger charge is 2.10. The van der Waals surface area contributed by atoms with Crippen molar-refractivity contribution >= 4 is 5.97 Å². The predicted octanol–water partition coefficient (Wildman–Crippen LogP) is 1.86. The molecule has 19 heavy (non-hydrogen) atoms. The van der Waals surface area contributed by atoms with Crippen molar-refractivity contribution in [2.75, 3.05) is 13.7 Å². The maximum atomic E-state index is 12.1. The first-order valence-electron chi connectivity index (χ1n) is 5.57. The molecule has 0 aliphatic heterocycles. The minimum absolute atomic E-state index is 0.0176. The van der Waals surface area contributed by atoms with Crippen LogP contribution < -0.4 is 14.8 Å². The Morgan fingerprint density at radius 2 is 2.16 bits per heavy atom. The average Bonchev–Trinajstić information content (AvgIpc) is 2.35. The highest BCUT2D eigenvalue weighted by atomic mass is 19.3. The van der Waals surface area contributed by atoms with Crippen molar-refractivity contribution < 1.29 is 28.2 Å². The van der Waals surface area contributed by atoms with Crippen LogP contribution in [0.2, 0.25) is 0 Å². The van der Waals surface area contributed by atoms with Gasteiger partial charge in [0.25, 0.3) is 0 Å². The number of alkyl halides is 2. The smallest absolute Gasteiger partial charge is 0.387 e. The van der Waals surface area contributed by atoms with E-state index in [4.69, 9.17) is 9.84 Å². The van der Waals surface area contributed by atoms with Gasteiger partial charge in [-0.25, -0.2) is 0 Å². The van der Waals surface area contributed by atoms with E-state index < -0.39 is 12.6 Å². The van der Waals surface area contributed by atoms with E-state index >= 15 is 0 Å². The van der Waals surface area contributed by atoms with Crippen LogP contribution in [0.1, 0.15) is 12.0 Å². The van der Waals surface area contributed by atoms with Gasteiger partial charge in [-0.15, -0.1) is 0 Å². The van der Waals surface area contributed by atoms with Crippen molar-refractivity contribution in [3.05, 3.63) is 23.8 Å². The van der Waals surface area contributed by atoms with E-state index in [9.17, 15) is 13.6 Å². The van der Waals surface area contributed by atoms with Crippen molar-refractivity contribution in [1.29, 1.82) is 0 Å². The predicted molar refractivity (Wildman–Crippen MR) is 63.6 cm³/mol. The largest absolute Gasteiger partial charge is 0.493 e. The lowest BCUT2D eigenvalue weighted by Gasteiger charge is -2.11. The molecule has 0 heterocycles. The van der Waals surface area contributed by atoms with Crippen LogP contribution in [0.3, 0.4) is 0 Å². The molecule has 0 spiro atoms. The van der Waals surface area contributed by atoms with Crippen molar-refractivity contribution in [2.45, 2.75) is 19.6 Å². The summed E-state index contributed by atoms with van der Waals surface area (Å²) in [5, 5.41) is 11.4. The van der Waals surface area contributed by atoms with E-state index in [2.05, 4.69) is 10.1 Å². The molecule has 0 bridgehead atoms. The number of nitrogens with one attached hydrogen (secondary N) is 1. The van der Waals surface area contributed by atoms with Gasteiger partial charge in [-0.05, 0) is 17.7 Å². The van der Waals surface area contributed by atoms with Gasteiger partial charge in [-0.1, -0.05) is 6.07 Å². The monoisotopic (exact) mass is 275 g/mol. The zero-order chi connectivity index (χ0) is 14.3. The summed E-state index contributed by atoms with van der Waals surface area (Å²) in [5.74, 6) is -0.713. The summed E-state index contributed by atoms with van der Waals surface area (Å²) in [6.07, 6.45) is 0.0176. The molecule has 7 heteroatoms. The molecular weight excluding hydrogens is 260 g/mol. The summed E-state index contributed by atoms with van der Waals surface area (Å²) in [6, 6.07) is 4.55. The molecule has 0 amide bonds. The van der Waals surface area contributed by atoms with Crippen LogP contribution in [0, 0.1) is 0 Å². The fraction of sp³-hybridized carbons (Fsp3) is 0.417. The third-order valence-corrected chi connectivity index (χ3v) is 2.29. The number of rotatable bonds is 8. The minimum Gasteiger partial charge on any atom is -0.493 e. The summed E-state index contributed by atoms with van der Waals surface area (Å²) in [5.41, 5.74) is 0.781. The quantitative estimate of drug-likeness (QED) is 0.709. The summed E-state index contributed by atoms with van der Waals surface area (Å²) in [7, 11) is 1.36. The number of hydrogen-bond acceptors (Lipinski definition) is 4. The number of halogens is 2. The zero-order valence-corrected chi connectivity index (χ0v) is 10.4. The molecule has 5 nitrogen and oxygen atoms in total. The number of aliphatic carboxylic acids is 1. The Balaban J connectivity index is 2.58. The molecule has 0 aliphatic rings. The highest BCUT2D eigenvalue weighted by Crippen LogP contribution is 2.29. The zero-order valence-electron chi connectivity index (χ0n) is 10.4. The second-order valence-corrected chi connectivity index (χ2v) is 3.68. The van der Waals surface area contributed by atoms with Gasteiger partial charge in [0.15, 0.2) is 11.5 Å². The molecule has 0 atom stereocenters. The Hall–Kier alpha value is -1.89. The van der Waals surface area contributed by atoms with E-state index in [0.717, 1.165) is 5.56 Å². The van der Waals surface area contributed by atoms with Crippen LogP contribution in [0.5, 0.6) is 11.5 Å². The van der Waals surface area contributed by atoms with Gasteiger partial charge < -0.3 is 19.9 Å². The molecule has 2 N–H and O–H groups in total. The van der Waals surface area contributed by atoms with Crippen molar-refractivity contribution in [2.24, 2.45) is 0 Å². The number of carboxylic acid groups (broad SMARTS) is 1. The van der Waals surface area contributed by atoms with Gasteiger partial charge in [0.1, 0.15) is 0 Å². The molecule has 106 valence electrons. The molecule has 0 fully saturated rings. The molecule has 0 aliphatic carbocycles. The maximum absolute atomic E-state index is 12.1. The number of carbonyl (C=O) groups is 1. The molecule has 0 aromatic heterocycles. The molecule has 0 saturated carbocycles. The molecule has 1 rings (SSSR count). The topological polar surface area (TPSA) is 67.8 Å². The Bertz CT molecular complexity index is 426. The van der Waals surface area contributed by atoms with E-state index in [-0.39, 0.29) is 17.9 Å². The van der Waals surface area contributed by atoms with Gasteiger partial charge in [0.05, 0.1) is 13.5 Å². The lowest BCUT2D eigenvalue weighted by Crippen LogP contribution is -2.17. The molecule has 1 aromatic rings. The first kappa shape index (κ1) is 15.2. The number of carboxylic acids is 1. The van der Waals surface area contributed by atoms with Gasteiger partial charge in [-0.3, -0.25) is 4.79 Å². The fourth-order valence-electron chi connectivity index (χ4n) is 1.44. The highest BCUT2D eigenvalue weighted by molar-refractivity contribution is 5.66. The number of benzene rings is 1. The third-order valence-electron chi connectivity index (χ3n) is 2.29. The van der Waals surface area contributed by atoms with Gasteiger partial charge >= 0.3 is 12.6 Å². The minimum atomic E-state index is -2.91. The number of hydrogen-bond donors (Lipinski definition) is 2. The van der Waals surface area contributed by atoms with Crippen LogP contribution in [0.25, 0.3) is 0 Å². The van der Waals surface area contributed by atoms with E-state index in [1.54, 1.807) is 12.1 Å². The van der Waals surface area contributed by atoms with Crippen LogP contribution in [0.4, 0.5) is 8.78 Å². The first-order valence-corrected chi connectivity index (χ1v) is 5.57. The van der Waals surface area contributed by atoms with Crippen molar-refractivity contribution in [3.63, 3.8) is 0 Å². The number of methoxy groups -OCH3 is 1. The van der Waals surface area contributed by atoms with E-state index in [1.807, 2.05) is 0 Å². The summed E-state index contributed by atoms with van der Waals surface area (Å²) < 4.78 is 33.5. The molecule has 1 aromatic carbocycles. The molecular formula is C12H15F2NO4. The fourth-order valence-corrected chi connectivity index (χ4v) is 1.44. The standard InChI is InChI=1S/C12H15F2NO4/c1-18-10-6-8(7-15-5-4-11(16)17)2-3-9(10)19-12(13)14/h2-3,6,12,15H,4-5,7H2,1H3,(H,16,17). The van der Waals surface area contributed by atoms with Crippen molar-refractivity contribution in [1.82, 2.24) is 5.32 Å². The van der Waals surface area contributed by atoms with Crippen LogP contribution in [0.15, 0.2) is 18.2 Å². The van der Waals surface area contributed by atoms with Gasteiger partial charge in [0, 0.05) is 13.1 Å². The summed E-state index contributed by atoms with van der Waals surface area (Å²) in [4.78, 5) is 10.3. The van der Waals surface area contributed by atoms with Crippen LogP contribution in [-0.2, 0) is 11.3 Å². The first-order chi connectivity index (χ1) is 9.02. The lowest BCUT2D eigenvalue weighted by molar-refractivity contribution is -0.136.